The second-order valence-electron chi connectivity index (χ2n) is 12.3. The normalized spacial score (nSPS) is 11.4. The van der Waals surface area contributed by atoms with Crippen molar-refractivity contribution in [1.29, 1.82) is 0 Å². The molecule has 7 aromatic carbocycles. The third kappa shape index (κ3) is 6.76. The van der Waals surface area contributed by atoms with Crippen molar-refractivity contribution in [2.75, 3.05) is 0 Å². The zero-order chi connectivity index (χ0) is 34.4. The number of rotatable bonds is 9. The van der Waals surface area contributed by atoms with E-state index in [0.717, 1.165) is 72.5 Å². The van der Waals surface area contributed by atoms with Gasteiger partial charge in [-0.3, -0.25) is 9.98 Å². The van der Waals surface area contributed by atoms with E-state index < -0.39 is 0 Å². The van der Waals surface area contributed by atoms with E-state index in [0.29, 0.717) is 12.4 Å². The highest BCUT2D eigenvalue weighted by molar-refractivity contribution is 6.16. The van der Waals surface area contributed by atoms with E-state index in [1.54, 1.807) is 0 Å². The summed E-state index contributed by atoms with van der Waals surface area (Å²) in [5.74, 6) is 0.677. The Morgan fingerprint density at radius 1 is 0.490 bits per heavy atom. The maximum atomic E-state index is 5.25. The molecule has 4 heteroatoms. The van der Waals surface area contributed by atoms with Crippen molar-refractivity contribution in [1.82, 2.24) is 9.97 Å². The molecule has 4 nitrogen and oxygen atoms in total. The maximum absolute atomic E-state index is 5.25. The first-order valence-corrected chi connectivity index (χ1v) is 17.0. The standard InChI is InChI=1S/C47H34N4/c1-48-43-27-10-8-25-41(43)45(38-22-13-20-36(30-38)34-16-4-2-5-17-34)49-32-33-15-12-24-40(29-33)47-50-44-28-11-9-26-42(44)46(51-47)39-23-14-21-37(31-39)35-18-6-3-7-19-35/h2-31H,1,32H2. The molecule has 0 aliphatic heterocycles. The fourth-order valence-electron chi connectivity index (χ4n) is 6.50. The summed E-state index contributed by atoms with van der Waals surface area (Å²) in [6.07, 6.45) is 0. The van der Waals surface area contributed by atoms with Crippen LogP contribution in [0.1, 0.15) is 16.7 Å². The molecule has 0 aliphatic rings. The van der Waals surface area contributed by atoms with Gasteiger partial charge in [0.15, 0.2) is 5.82 Å². The van der Waals surface area contributed by atoms with Crippen LogP contribution in [0, 0.1) is 0 Å². The third-order valence-corrected chi connectivity index (χ3v) is 9.02. The predicted octanol–water partition coefficient (Wildman–Crippen LogP) is 11.7. The summed E-state index contributed by atoms with van der Waals surface area (Å²) in [5.41, 5.74) is 13.1. The molecular formula is C47H34N4. The Labute approximate surface area is 298 Å². The summed E-state index contributed by atoms with van der Waals surface area (Å²) in [7, 11) is 0. The van der Waals surface area contributed by atoms with Gasteiger partial charge in [-0.25, -0.2) is 9.97 Å². The van der Waals surface area contributed by atoms with Gasteiger partial charge in [-0.15, -0.1) is 0 Å². The van der Waals surface area contributed by atoms with E-state index in [1.165, 1.54) is 5.56 Å². The highest BCUT2D eigenvalue weighted by atomic mass is 14.9. The molecule has 0 amide bonds. The fraction of sp³-hybridized carbons (Fsp3) is 0.0213. The Bertz CT molecular complexity index is 2520. The van der Waals surface area contributed by atoms with E-state index >= 15 is 0 Å². The van der Waals surface area contributed by atoms with Crippen LogP contribution in [0.3, 0.4) is 0 Å². The molecule has 0 saturated heterocycles. The number of hydrogen-bond donors (Lipinski definition) is 0. The summed E-state index contributed by atoms with van der Waals surface area (Å²) < 4.78 is 0. The van der Waals surface area contributed by atoms with Crippen LogP contribution < -0.4 is 0 Å². The van der Waals surface area contributed by atoms with Crippen molar-refractivity contribution in [2.24, 2.45) is 9.98 Å². The zero-order valence-electron chi connectivity index (χ0n) is 28.0. The summed E-state index contributed by atoms with van der Waals surface area (Å²) in [5, 5.41) is 1.02. The number of nitrogens with zero attached hydrogens (tertiary/aromatic N) is 4. The first kappa shape index (κ1) is 31.5. The van der Waals surface area contributed by atoms with E-state index in [9.17, 15) is 0 Å². The summed E-state index contributed by atoms with van der Waals surface area (Å²) >= 11 is 0. The molecular weight excluding hydrogens is 621 g/mol. The van der Waals surface area contributed by atoms with Gasteiger partial charge in [0, 0.05) is 27.6 Å². The summed E-state index contributed by atoms with van der Waals surface area (Å²) in [4.78, 5) is 19.8. The Morgan fingerprint density at radius 2 is 1.10 bits per heavy atom. The van der Waals surface area contributed by atoms with Gasteiger partial charge in [0.1, 0.15) is 0 Å². The van der Waals surface area contributed by atoms with Crippen molar-refractivity contribution in [3.8, 4) is 44.9 Å². The Morgan fingerprint density at radius 3 is 1.88 bits per heavy atom. The lowest BCUT2D eigenvalue weighted by Crippen LogP contribution is -2.05. The molecule has 8 rings (SSSR count). The Hall–Kier alpha value is -6.78. The molecule has 51 heavy (non-hydrogen) atoms. The number of para-hydroxylation sites is 2. The minimum Gasteiger partial charge on any atom is -0.279 e. The van der Waals surface area contributed by atoms with Gasteiger partial charge >= 0.3 is 0 Å². The number of benzene rings is 7. The lowest BCUT2D eigenvalue weighted by Gasteiger charge is -2.13. The molecule has 242 valence electrons. The molecule has 1 heterocycles. The molecule has 0 unspecified atom stereocenters. The van der Waals surface area contributed by atoms with Gasteiger partial charge in [0.05, 0.1) is 29.2 Å². The molecule has 0 aliphatic carbocycles. The summed E-state index contributed by atoms with van der Waals surface area (Å²) in [6.45, 7) is 4.31. The van der Waals surface area contributed by atoms with Crippen molar-refractivity contribution in [3.05, 3.63) is 199 Å². The van der Waals surface area contributed by atoms with Gasteiger partial charge in [0.2, 0.25) is 0 Å². The molecule has 0 bridgehead atoms. The molecule has 0 radical (unpaired) electrons. The van der Waals surface area contributed by atoms with E-state index in [-0.39, 0.29) is 0 Å². The molecule has 0 N–H and O–H groups in total. The van der Waals surface area contributed by atoms with Crippen LogP contribution in [0.25, 0.3) is 55.8 Å². The van der Waals surface area contributed by atoms with Gasteiger partial charge in [-0.05, 0) is 64.9 Å². The second-order valence-corrected chi connectivity index (χ2v) is 12.3. The molecule has 1 aromatic heterocycles. The van der Waals surface area contributed by atoms with Crippen LogP contribution in [0.5, 0.6) is 0 Å². The SMILES string of the molecule is C=Nc1ccccc1C(=NCc1cccc(-c2nc(-c3cccc(-c4ccccc4)c3)c3ccccc3n2)c1)c1cccc(-c2ccccc2)c1. The average Bonchev–Trinajstić information content (AvgIpc) is 3.21. The Kier molecular flexibility index (Phi) is 8.87. The fourth-order valence-corrected chi connectivity index (χ4v) is 6.50. The largest absolute Gasteiger partial charge is 0.279 e. The predicted molar refractivity (Wildman–Crippen MR) is 213 cm³/mol. The van der Waals surface area contributed by atoms with Gasteiger partial charge < -0.3 is 0 Å². The molecule has 0 spiro atoms. The molecule has 8 aromatic rings. The maximum Gasteiger partial charge on any atom is 0.160 e. The van der Waals surface area contributed by atoms with Crippen LogP contribution in [0.2, 0.25) is 0 Å². The summed E-state index contributed by atoms with van der Waals surface area (Å²) in [6, 6.07) is 62.6. The quantitative estimate of drug-likeness (QED) is 0.145. The van der Waals surface area contributed by atoms with Crippen molar-refractivity contribution >= 4 is 29.0 Å². The Balaban J connectivity index is 1.18. The topological polar surface area (TPSA) is 50.5 Å². The van der Waals surface area contributed by atoms with Gasteiger partial charge in [-0.1, -0.05) is 152 Å². The highest BCUT2D eigenvalue weighted by Crippen LogP contribution is 2.32. The first-order chi connectivity index (χ1) is 25.2. The van der Waals surface area contributed by atoms with Crippen LogP contribution in [0.15, 0.2) is 192 Å². The van der Waals surface area contributed by atoms with E-state index in [4.69, 9.17) is 15.0 Å². The first-order valence-electron chi connectivity index (χ1n) is 17.0. The average molecular weight is 655 g/mol. The molecule has 0 atom stereocenters. The van der Waals surface area contributed by atoms with Gasteiger partial charge in [-0.2, -0.15) is 0 Å². The molecule has 0 saturated carbocycles. The highest BCUT2D eigenvalue weighted by Gasteiger charge is 2.15. The van der Waals surface area contributed by atoms with Crippen LogP contribution in [0.4, 0.5) is 5.69 Å². The number of hydrogen-bond acceptors (Lipinski definition) is 4. The minimum atomic E-state index is 0.462. The number of aromatic nitrogens is 2. The van der Waals surface area contributed by atoms with E-state index in [1.807, 2.05) is 42.5 Å². The van der Waals surface area contributed by atoms with Crippen molar-refractivity contribution in [3.63, 3.8) is 0 Å². The smallest absolute Gasteiger partial charge is 0.160 e. The minimum absolute atomic E-state index is 0.462. The van der Waals surface area contributed by atoms with Crippen molar-refractivity contribution < 1.29 is 0 Å². The number of aliphatic imine (C=N–C) groups is 2. The monoisotopic (exact) mass is 654 g/mol. The molecule has 0 fully saturated rings. The lowest BCUT2D eigenvalue weighted by molar-refractivity contribution is 1.07. The van der Waals surface area contributed by atoms with Gasteiger partial charge in [0.25, 0.3) is 0 Å². The second kappa shape index (κ2) is 14.4. The van der Waals surface area contributed by atoms with Crippen LogP contribution >= 0.6 is 0 Å². The third-order valence-electron chi connectivity index (χ3n) is 9.02. The van der Waals surface area contributed by atoms with Crippen LogP contribution in [-0.4, -0.2) is 22.4 Å². The lowest BCUT2D eigenvalue weighted by atomic mass is 9.96. The van der Waals surface area contributed by atoms with E-state index in [2.05, 4.69) is 151 Å². The van der Waals surface area contributed by atoms with Crippen LogP contribution in [-0.2, 0) is 6.54 Å². The number of fused-ring (bicyclic) bond motifs is 1. The zero-order valence-corrected chi connectivity index (χ0v) is 28.0. The van der Waals surface area contributed by atoms with Crippen molar-refractivity contribution in [2.45, 2.75) is 6.54 Å².